The van der Waals surface area contributed by atoms with Crippen molar-refractivity contribution < 1.29 is 0 Å². The fourth-order valence-electron chi connectivity index (χ4n) is 0.596. The highest BCUT2D eigenvalue weighted by atomic mass is 15.2. The standard InChI is InChI=1S/C6H17N3/c1-5(7)3-4-6(2)9-8/h5-6,9H,3-4,7-8H2,1-2H3/t5-,6?/m0/s1. The topological polar surface area (TPSA) is 64.1 Å². The van der Waals surface area contributed by atoms with E-state index in [4.69, 9.17) is 11.6 Å². The van der Waals surface area contributed by atoms with Gasteiger partial charge in [0, 0.05) is 12.1 Å². The van der Waals surface area contributed by atoms with Crippen LogP contribution in [-0.4, -0.2) is 12.1 Å². The zero-order valence-electron chi connectivity index (χ0n) is 6.22. The van der Waals surface area contributed by atoms with Gasteiger partial charge < -0.3 is 5.73 Å². The molecule has 3 heteroatoms. The highest BCUT2D eigenvalue weighted by Crippen LogP contribution is 1.96. The van der Waals surface area contributed by atoms with Crippen molar-refractivity contribution >= 4 is 0 Å². The molecule has 9 heavy (non-hydrogen) atoms. The van der Waals surface area contributed by atoms with Crippen molar-refractivity contribution in [2.75, 3.05) is 0 Å². The Bertz CT molecular complexity index is 63.3. The fraction of sp³-hybridized carbons (Fsp3) is 1.00. The maximum Gasteiger partial charge on any atom is 0.0182 e. The van der Waals surface area contributed by atoms with Gasteiger partial charge in [0.25, 0.3) is 0 Å². The fourth-order valence-corrected chi connectivity index (χ4v) is 0.596. The zero-order chi connectivity index (χ0) is 7.28. The zero-order valence-corrected chi connectivity index (χ0v) is 6.22. The van der Waals surface area contributed by atoms with Gasteiger partial charge in [-0.3, -0.25) is 11.3 Å². The summed E-state index contributed by atoms with van der Waals surface area (Å²) >= 11 is 0. The van der Waals surface area contributed by atoms with Crippen LogP contribution in [0.1, 0.15) is 26.7 Å². The maximum atomic E-state index is 5.53. The minimum absolute atomic E-state index is 0.292. The molecule has 0 heterocycles. The SMILES string of the molecule is CC(CC[C@H](C)N)NN. The van der Waals surface area contributed by atoms with Crippen LogP contribution in [0.15, 0.2) is 0 Å². The van der Waals surface area contributed by atoms with Gasteiger partial charge in [0.1, 0.15) is 0 Å². The molecule has 0 rings (SSSR count). The number of rotatable bonds is 4. The summed E-state index contributed by atoms with van der Waals surface area (Å²) in [5.41, 5.74) is 8.19. The van der Waals surface area contributed by atoms with Gasteiger partial charge in [0.2, 0.25) is 0 Å². The molecule has 0 aromatic rings. The summed E-state index contributed by atoms with van der Waals surface area (Å²) in [6.07, 6.45) is 2.08. The molecular formula is C6H17N3. The molecule has 0 aliphatic carbocycles. The lowest BCUT2D eigenvalue weighted by molar-refractivity contribution is 0.487. The van der Waals surface area contributed by atoms with Gasteiger partial charge in [-0.05, 0) is 26.7 Å². The minimum Gasteiger partial charge on any atom is -0.328 e. The maximum absolute atomic E-state index is 5.53. The Hall–Kier alpha value is -0.120. The number of nitrogens with two attached hydrogens (primary N) is 2. The Kier molecular flexibility index (Phi) is 4.67. The Morgan fingerprint density at radius 3 is 2.22 bits per heavy atom. The van der Waals surface area contributed by atoms with E-state index >= 15 is 0 Å². The van der Waals surface area contributed by atoms with E-state index in [2.05, 4.69) is 5.43 Å². The largest absolute Gasteiger partial charge is 0.328 e. The number of nitrogens with one attached hydrogen (secondary N) is 1. The second-order valence-corrected chi connectivity index (χ2v) is 2.62. The lowest BCUT2D eigenvalue weighted by Gasteiger charge is -2.10. The molecule has 5 N–H and O–H groups in total. The molecule has 56 valence electrons. The predicted molar refractivity (Wildman–Crippen MR) is 39.7 cm³/mol. The van der Waals surface area contributed by atoms with E-state index in [0.717, 1.165) is 12.8 Å². The summed E-state index contributed by atoms with van der Waals surface area (Å²) < 4.78 is 0. The quantitative estimate of drug-likeness (QED) is 0.371. The summed E-state index contributed by atoms with van der Waals surface area (Å²) in [4.78, 5) is 0. The summed E-state index contributed by atoms with van der Waals surface area (Å²) in [6, 6.07) is 0.678. The van der Waals surface area contributed by atoms with Crippen molar-refractivity contribution in [3.63, 3.8) is 0 Å². The molecule has 0 aromatic carbocycles. The molecule has 0 radical (unpaired) electrons. The van der Waals surface area contributed by atoms with Gasteiger partial charge in [-0.25, -0.2) is 0 Å². The normalized spacial score (nSPS) is 17.3. The van der Waals surface area contributed by atoms with Crippen LogP contribution in [0.5, 0.6) is 0 Å². The van der Waals surface area contributed by atoms with E-state index in [1.54, 1.807) is 0 Å². The third kappa shape index (κ3) is 5.76. The molecule has 0 amide bonds. The van der Waals surface area contributed by atoms with E-state index in [1.807, 2.05) is 13.8 Å². The third-order valence-corrected chi connectivity index (χ3v) is 1.34. The van der Waals surface area contributed by atoms with Crippen molar-refractivity contribution in [2.24, 2.45) is 11.6 Å². The van der Waals surface area contributed by atoms with Crippen LogP contribution in [0.2, 0.25) is 0 Å². The first-order chi connectivity index (χ1) is 4.16. The van der Waals surface area contributed by atoms with Gasteiger partial charge in [-0.1, -0.05) is 0 Å². The van der Waals surface area contributed by atoms with Crippen molar-refractivity contribution in [1.29, 1.82) is 0 Å². The molecule has 1 unspecified atom stereocenters. The molecule has 3 nitrogen and oxygen atoms in total. The first-order valence-electron chi connectivity index (χ1n) is 3.38. The van der Waals surface area contributed by atoms with E-state index < -0.39 is 0 Å². The Morgan fingerprint density at radius 1 is 1.33 bits per heavy atom. The van der Waals surface area contributed by atoms with Crippen molar-refractivity contribution in [3.05, 3.63) is 0 Å². The molecule has 0 aliphatic heterocycles. The molecule has 2 atom stereocenters. The Balaban J connectivity index is 3.06. The lowest BCUT2D eigenvalue weighted by atomic mass is 10.1. The van der Waals surface area contributed by atoms with Crippen LogP contribution in [0.25, 0.3) is 0 Å². The van der Waals surface area contributed by atoms with Crippen molar-refractivity contribution in [3.8, 4) is 0 Å². The minimum atomic E-state index is 0.292. The van der Waals surface area contributed by atoms with E-state index in [1.165, 1.54) is 0 Å². The monoisotopic (exact) mass is 131 g/mol. The average molecular weight is 131 g/mol. The van der Waals surface area contributed by atoms with Gasteiger partial charge in [0.15, 0.2) is 0 Å². The highest BCUT2D eigenvalue weighted by molar-refractivity contribution is 4.60. The van der Waals surface area contributed by atoms with Crippen LogP contribution >= 0.6 is 0 Å². The summed E-state index contributed by atoms with van der Waals surface area (Å²) in [5.74, 6) is 5.17. The van der Waals surface area contributed by atoms with E-state index in [-0.39, 0.29) is 0 Å². The predicted octanol–water partition coefficient (Wildman–Crippen LogP) is -0.0344. The van der Waals surface area contributed by atoms with Gasteiger partial charge in [-0.2, -0.15) is 0 Å². The molecular weight excluding hydrogens is 114 g/mol. The molecule has 0 aliphatic rings. The Morgan fingerprint density at radius 2 is 1.89 bits per heavy atom. The summed E-state index contributed by atoms with van der Waals surface area (Å²) in [6.45, 7) is 4.05. The molecule has 0 saturated heterocycles. The van der Waals surface area contributed by atoms with Crippen LogP contribution in [0, 0.1) is 0 Å². The van der Waals surface area contributed by atoms with E-state index in [0.29, 0.717) is 12.1 Å². The third-order valence-electron chi connectivity index (χ3n) is 1.34. The highest BCUT2D eigenvalue weighted by Gasteiger charge is 1.99. The molecule has 0 aromatic heterocycles. The molecule has 0 spiro atoms. The van der Waals surface area contributed by atoms with Crippen molar-refractivity contribution in [1.82, 2.24) is 5.43 Å². The van der Waals surface area contributed by atoms with Gasteiger partial charge >= 0.3 is 0 Å². The smallest absolute Gasteiger partial charge is 0.0182 e. The van der Waals surface area contributed by atoms with Crippen molar-refractivity contribution in [2.45, 2.75) is 38.8 Å². The number of hydrogen-bond acceptors (Lipinski definition) is 3. The van der Waals surface area contributed by atoms with Crippen LogP contribution in [0.3, 0.4) is 0 Å². The van der Waals surface area contributed by atoms with Crippen LogP contribution in [-0.2, 0) is 0 Å². The molecule has 0 bridgehead atoms. The summed E-state index contributed by atoms with van der Waals surface area (Å²) in [7, 11) is 0. The number of hydrazine groups is 1. The molecule has 0 saturated carbocycles. The number of hydrogen-bond donors (Lipinski definition) is 3. The summed E-state index contributed by atoms with van der Waals surface area (Å²) in [5, 5.41) is 0. The average Bonchev–Trinajstić information content (AvgIpc) is 1.83. The lowest BCUT2D eigenvalue weighted by Crippen LogP contribution is -2.33. The van der Waals surface area contributed by atoms with Gasteiger partial charge in [0.05, 0.1) is 0 Å². The second kappa shape index (κ2) is 4.73. The first-order valence-corrected chi connectivity index (χ1v) is 3.38. The Labute approximate surface area is 56.8 Å². The molecule has 0 fully saturated rings. The van der Waals surface area contributed by atoms with Crippen LogP contribution in [0.4, 0.5) is 0 Å². The van der Waals surface area contributed by atoms with Gasteiger partial charge in [-0.15, -0.1) is 0 Å². The first kappa shape index (κ1) is 8.88. The van der Waals surface area contributed by atoms with Crippen LogP contribution < -0.4 is 17.0 Å². The van der Waals surface area contributed by atoms with E-state index in [9.17, 15) is 0 Å². The second-order valence-electron chi connectivity index (χ2n) is 2.62.